The van der Waals surface area contributed by atoms with Gasteiger partial charge < -0.3 is 10.4 Å². The van der Waals surface area contributed by atoms with Gasteiger partial charge in [0.05, 0.1) is 21.3 Å². The van der Waals surface area contributed by atoms with Gasteiger partial charge in [-0.3, -0.25) is 0 Å². The molecule has 0 bridgehead atoms. The Kier molecular flexibility index (Phi) is 7.56. The van der Waals surface area contributed by atoms with Crippen LogP contribution in [0.4, 0.5) is 11.4 Å². The molecule has 2 N–H and O–H groups in total. The third-order valence-electron chi connectivity index (χ3n) is 4.81. The number of hydrogen-bond donors (Lipinski definition) is 2. The van der Waals surface area contributed by atoms with E-state index >= 15 is 0 Å². The Bertz CT molecular complexity index is 971. The molecule has 0 unspecified atom stereocenters. The van der Waals surface area contributed by atoms with Gasteiger partial charge in [0.2, 0.25) is 0 Å². The van der Waals surface area contributed by atoms with Gasteiger partial charge in [0.1, 0.15) is 0 Å². The standard InChI is InChI=1S/C24H23Cl2NO2/c25-21-15-12-18(16-22(21)26)7-3-1-2-6-17-10-13-19(14-11-17)27-23-9-5-4-8-20(23)24(28)29/h4-5,8-16,27H,1-3,6-7H2,(H,28,29). The zero-order valence-corrected chi connectivity index (χ0v) is 17.5. The Balaban J connectivity index is 1.45. The molecule has 0 fully saturated rings. The van der Waals surface area contributed by atoms with Crippen molar-refractivity contribution in [3.8, 4) is 0 Å². The lowest BCUT2D eigenvalue weighted by Crippen LogP contribution is -2.02. The fourth-order valence-corrected chi connectivity index (χ4v) is 3.54. The van der Waals surface area contributed by atoms with E-state index in [1.54, 1.807) is 18.2 Å². The van der Waals surface area contributed by atoms with E-state index in [-0.39, 0.29) is 5.56 Å². The van der Waals surface area contributed by atoms with Gasteiger partial charge in [-0.2, -0.15) is 0 Å². The van der Waals surface area contributed by atoms with Crippen LogP contribution in [-0.2, 0) is 12.8 Å². The quantitative estimate of drug-likeness (QED) is 0.349. The number of hydrogen-bond acceptors (Lipinski definition) is 2. The van der Waals surface area contributed by atoms with Crippen molar-refractivity contribution in [3.63, 3.8) is 0 Å². The highest BCUT2D eigenvalue weighted by Crippen LogP contribution is 2.24. The molecule has 3 aromatic carbocycles. The van der Waals surface area contributed by atoms with Gasteiger partial charge in [0, 0.05) is 5.69 Å². The molecule has 0 heterocycles. The van der Waals surface area contributed by atoms with Crippen molar-refractivity contribution in [2.45, 2.75) is 32.1 Å². The highest BCUT2D eigenvalue weighted by Gasteiger charge is 2.08. The molecule has 0 spiro atoms. The summed E-state index contributed by atoms with van der Waals surface area (Å²) in [6.07, 6.45) is 5.40. The van der Waals surface area contributed by atoms with E-state index in [1.165, 1.54) is 11.1 Å². The lowest BCUT2D eigenvalue weighted by molar-refractivity contribution is 0.0698. The second kappa shape index (κ2) is 10.3. The number of para-hydroxylation sites is 1. The summed E-state index contributed by atoms with van der Waals surface area (Å²) in [5, 5.41) is 13.7. The minimum Gasteiger partial charge on any atom is -0.478 e. The molecule has 0 aromatic heterocycles. The number of nitrogens with one attached hydrogen (secondary N) is 1. The fourth-order valence-electron chi connectivity index (χ4n) is 3.22. The first kappa shape index (κ1) is 21.2. The Morgan fingerprint density at radius 2 is 1.45 bits per heavy atom. The highest BCUT2D eigenvalue weighted by atomic mass is 35.5. The van der Waals surface area contributed by atoms with Crippen LogP contribution in [0.3, 0.4) is 0 Å². The number of aryl methyl sites for hydroxylation is 2. The molecule has 3 aromatic rings. The van der Waals surface area contributed by atoms with Gasteiger partial charge >= 0.3 is 5.97 Å². The number of aromatic carboxylic acids is 1. The van der Waals surface area contributed by atoms with Crippen LogP contribution in [0, 0.1) is 0 Å². The van der Waals surface area contributed by atoms with Crippen LogP contribution in [0.25, 0.3) is 0 Å². The van der Waals surface area contributed by atoms with Crippen LogP contribution in [0.2, 0.25) is 10.0 Å². The van der Waals surface area contributed by atoms with Crippen LogP contribution >= 0.6 is 23.2 Å². The van der Waals surface area contributed by atoms with Gasteiger partial charge in [-0.1, -0.05) is 60.0 Å². The summed E-state index contributed by atoms with van der Waals surface area (Å²) in [6.45, 7) is 0. The number of rotatable bonds is 9. The van der Waals surface area contributed by atoms with Crippen molar-refractivity contribution in [1.29, 1.82) is 0 Å². The monoisotopic (exact) mass is 427 g/mol. The molecule has 0 aliphatic carbocycles. The number of carboxylic acids is 1. The number of unbranched alkanes of at least 4 members (excludes halogenated alkanes) is 2. The molecule has 5 heteroatoms. The second-order valence-electron chi connectivity index (χ2n) is 6.98. The normalized spacial score (nSPS) is 10.7. The molecule has 0 amide bonds. The molecule has 0 radical (unpaired) electrons. The lowest BCUT2D eigenvalue weighted by atomic mass is 10.0. The van der Waals surface area contributed by atoms with Gasteiger partial charge in [-0.05, 0) is 73.2 Å². The molecule has 0 saturated carbocycles. The van der Waals surface area contributed by atoms with Crippen molar-refractivity contribution in [1.82, 2.24) is 0 Å². The summed E-state index contributed by atoms with van der Waals surface area (Å²) >= 11 is 12.0. The van der Waals surface area contributed by atoms with Crippen molar-refractivity contribution in [2.75, 3.05) is 5.32 Å². The van der Waals surface area contributed by atoms with E-state index in [2.05, 4.69) is 17.4 Å². The zero-order valence-electron chi connectivity index (χ0n) is 16.0. The SMILES string of the molecule is O=C(O)c1ccccc1Nc1ccc(CCCCCc2ccc(Cl)c(Cl)c2)cc1. The van der Waals surface area contributed by atoms with Crippen LogP contribution in [0.5, 0.6) is 0 Å². The van der Waals surface area contributed by atoms with E-state index in [9.17, 15) is 9.90 Å². The largest absolute Gasteiger partial charge is 0.478 e. The summed E-state index contributed by atoms with van der Waals surface area (Å²) in [5.74, 6) is -0.939. The molecule has 150 valence electrons. The second-order valence-corrected chi connectivity index (χ2v) is 7.80. The number of carbonyl (C=O) groups is 1. The molecule has 0 atom stereocenters. The Labute approximate surface area is 181 Å². The Morgan fingerprint density at radius 1 is 0.793 bits per heavy atom. The maximum absolute atomic E-state index is 11.3. The van der Waals surface area contributed by atoms with Crippen molar-refractivity contribution >= 4 is 40.5 Å². The van der Waals surface area contributed by atoms with Crippen molar-refractivity contribution < 1.29 is 9.90 Å². The van der Waals surface area contributed by atoms with E-state index in [4.69, 9.17) is 23.2 Å². The number of benzene rings is 3. The summed E-state index contributed by atoms with van der Waals surface area (Å²) < 4.78 is 0. The number of carboxylic acid groups (broad SMARTS) is 1. The van der Waals surface area contributed by atoms with E-state index in [0.29, 0.717) is 15.7 Å². The third-order valence-corrected chi connectivity index (χ3v) is 5.54. The molecule has 0 saturated heterocycles. The minimum atomic E-state index is -0.939. The average molecular weight is 428 g/mol. The summed E-state index contributed by atoms with van der Waals surface area (Å²) in [5.41, 5.74) is 4.23. The maximum atomic E-state index is 11.3. The molecule has 3 nitrogen and oxygen atoms in total. The van der Waals surface area contributed by atoms with Gasteiger partial charge in [0.15, 0.2) is 0 Å². The molecular formula is C24H23Cl2NO2. The number of halogens is 2. The van der Waals surface area contributed by atoms with E-state index < -0.39 is 5.97 Å². The first-order valence-electron chi connectivity index (χ1n) is 9.65. The van der Waals surface area contributed by atoms with Gasteiger partial charge in [-0.15, -0.1) is 0 Å². The molecule has 0 aliphatic heterocycles. The van der Waals surface area contributed by atoms with Crippen LogP contribution < -0.4 is 5.32 Å². The van der Waals surface area contributed by atoms with E-state index in [1.807, 2.05) is 36.4 Å². The highest BCUT2D eigenvalue weighted by molar-refractivity contribution is 6.42. The third kappa shape index (κ3) is 6.25. The van der Waals surface area contributed by atoms with Gasteiger partial charge in [0.25, 0.3) is 0 Å². The van der Waals surface area contributed by atoms with Crippen molar-refractivity contribution in [2.24, 2.45) is 0 Å². The maximum Gasteiger partial charge on any atom is 0.337 e. The van der Waals surface area contributed by atoms with E-state index in [0.717, 1.165) is 37.8 Å². The van der Waals surface area contributed by atoms with Crippen LogP contribution in [-0.4, -0.2) is 11.1 Å². The van der Waals surface area contributed by atoms with Crippen molar-refractivity contribution in [3.05, 3.63) is 93.5 Å². The smallest absolute Gasteiger partial charge is 0.337 e. The molecule has 29 heavy (non-hydrogen) atoms. The van der Waals surface area contributed by atoms with Crippen LogP contribution in [0.1, 0.15) is 40.7 Å². The Morgan fingerprint density at radius 3 is 2.14 bits per heavy atom. The average Bonchev–Trinajstić information content (AvgIpc) is 2.72. The van der Waals surface area contributed by atoms with Gasteiger partial charge in [-0.25, -0.2) is 4.79 Å². The molecule has 3 rings (SSSR count). The van der Waals surface area contributed by atoms with Crippen LogP contribution in [0.15, 0.2) is 66.7 Å². The molecule has 0 aliphatic rings. The number of anilines is 2. The summed E-state index contributed by atoms with van der Waals surface area (Å²) in [6, 6.07) is 20.9. The first-order valence-corrected chi connectivity index (χ1v) is 10.4. The minimum absolute atomic E-state index is 0.263. The topological polar surface area (TPSA) is 49.3 Å². The lowest BCUT2D eigenvalue weighted by Gasteiger charge is -2.10. The fraction of sp³-hybridized carbons (Fsp3) is 0.208. The predicted molar refractivity (Wildman–Crippen MR) is 121 cm³/mol. The summed E-state index contributed by atoms with van der Waals surface area (Å²) in [4.78, 5) is 11.3. The first-order chi connectivity index (χ1) is 14.0. The molecular weight excluding hydrogens is 405 g/mol. The predicted octanol–water partition coefficient (Wildman–Crippen LogP) is 7.39. The Hall–Kier alpha value is -2.49. The summed E-state index contributed by atoms with van der Waals surface area (Å²) in [7, 11) is 0. The zero-order chi connectivity index (χ0) is 20.6.